The Morgan fingerprint density at radius 3 is 2.89 bits per heavy atom. The monoisotopic (exact) mass is 129 g/mol. The lowest BCUT2D eigenvalue weighted by Crippen LogP contribution is -2.33. The average Bonchev–Trinajstić information content (AvgIpc) is 1.90. The minimum atomic E-state index is -0.894. The van der Waals surface area contributed by atoms with Crippen LogP contribution in [0.3, 0.4) is 0 Å². The van der Waals surface area contributed by atoms with Gasteiger partial charge in [-0.2, -0.15) is 0 Å². The molecule has 50 valence electrons. The largest absolute Gasteiger partial charge is 0.463 e. The Bertz CT molecular complexity index is 143. The SMILES string of the molecule is NC(=O)C1OC=CCO1. The van der Waals surface area contributed by atoms with Gasteiger partial charge >= 0.3 is 0 Å². The van der Waals surface area contributed by atoms with Crippen LogP contribution in [-0.2, 0) is 14.3 Å². The highest BCUT2D eigenvalue weighted by molar-refractivity contribution is 5.77. The zero-order chi connectivity index (χ0) is 6.69. The maximum absolute atomic E-state index is 10.3. The van der Waals surface area contributed by atoms with Crippen molar-refractivity contribution in [3.05, 3.63) is 12.3 Å². The normalized spacial score (nSPS) is 25.1. The summed E-state index contributed by atoms with van der Waals surface area (Å²) in [7, 11) is 0. The third-order valence-corrected chi connectivity index (χ3v) is 0.875. The summed E-state index contributed by atoms with van der Waals surface area (Å²) < 4.78 is 9.42. The van der Waals surface area contributed by atoms with Crippen LogP contribution in [0.2, 0.25) is 0 Å². The first-order valence-corrected chi connectivity index (χ1v) is 2.52. The van der Waals surface area contributed by atoms with Crippen LogP contribution >= 0.6 is 0 Å². The lowest BCUT2D eigenvalue weighted by Gasteiger charge is -2.15. The van der Waals surface area contributed by atoms with Crippen molar-refractivity contribution in [3.8, 4) is 0 Å². The summed E-state index contributed by atoms with van der Waals surface area (Å²) in [4.78, 5) is 10.3. The molecule has 0 aromatic heterocycles. The Labute approximate surface area is 52.2 Å². The van der Waals surface area contributed by atoms with Gasteiger partial charge in [-0.1, -0.05) is 0 Å². The number of primary amides is 1. The molecule has 1 rings (SSSR count). The van der Waals surface area contributed by atoms with Crippen LogP contribution in [0.4, 0.5) is 0 Å². The lowest BCUT2D eigenvalue weighted by atomic mass is 10.5. The molecule has 0 aromatic carbocycles. The van der Waals surface area contributed by atoms with Crippen molar-refractivity contribution in [1.82, 2.24) is 0 Å². The van der Waals surface area contributed by atoms with Crippen LogP contribution in [0, 0.1) is 0 Å². The number of nitrogens with two attached hydrogens (primary N) is 1. The van der Waals surface area contributed by atoms with Gasteiger partial charge in [0, 0.05) is 0 Å². The fraction of sp³-hybridized carbons (Fsp3) is 0.400. The van der Waals surface area contributed by atoms with E-state index in [0.717, 1.165) is 0 Å². The molecule has 2 N–H and O–H groups in total. The van der Waals surface area contributed by atoms with E-state index in [9.17, 15) is 4.79 Å². The van der Waals surface area contributed by atoms with Gasteiger partial charge in [0.05, 0.1) is 12.9 Å². The molecule has 0 radical (unpaired) electrons. The standard InChI is InChI=1S/C5H7NO3/c6-4(7)5-8-2-1-3-9-5/h1-2,5H,3H2,(H2,6,7). The molecule has 0 aliphatic carbocycles. The summed E-state index contributed by atoms with van der Waals surface area (Å²) in [6.07, 6.45) is 2.16. The van der Waals surface area contributed by atoms with E-state index in [4.69, 9.17) is 10.5 Å². The summed E-state index contributed by atoms with van der Waals surface area (Å²) >= 11 is 0. The number of ether oxygens (including phenoxy) is 2. The van der Waals surface area contributed by atoms with Gasteiger partial charge in [0.1, 0.15) is 0 Å². The van der Waals surface area contributed by atoms with Crippen LogP contribution in [0.25, 0.3) is 0 Å². The first kappa shape index (κ1) is 6.10. The molecule has 1 aliphatic heterocycles. The molecular formula is C5H7NO3. The topological polar surface area (TPSA) is 61.6 Å². The molecule has 4 nitrogen and oxygen atoms in total. The molecule has 9 heavy (non-hydrogen) atoms. The van der Waals surface area contributed by atoms with Gasteiger partial charge < -0.3 is 15.2 Å². The summed E-state index contributed by atoms with van der Waals surface area (Å²) in [5, 5.41) is 0. The third-order valence-electron chi connectivity index (χ3n) is 0.875. The number of amides is 1. The van der Waals surface area contributed by atoms with Gasteiger partial charge in [0.15, 0.2) is 0 Å². The second-order valence-electron chi connectivity index (χ2n) is 1.58. The minimum absolute atomic E-state index is 0.383. The number of hydrogen-bond acceptors (Lipinski definition) is 3. The minimum Gasteiger partial charge on any atom is -0.463 e. The predicted molar refractivity (Wildman–Crippen MR) is 29.2 cm³/mol. The van der Waals surface area contributed by atoms with Gasteiger partial charge in [0.25, 0.3) is 12.2 Å². The van der Waals surface area contributed by atoms with Crippen LogP contribution in [0.5, 0.6) is 0 Å². The van der Waals surface area contributed by atoms with Crippen LogP contribution in [0.15, 0.2) is 12.3 Å². The quantitative estimate of drug-likeness (QED) is 0.512. The zero-order valence-corrected chi connectivity index (χ0v) is 4.74. The van der Waals surface area contributed by atoms with Crippen LogP contribution in [0.1, 0.15) is 0 Å². The zero-order valence-electron chi connectivity index (χ0n) is 4.74. The summed E-state index contributed by atoms with van der Waals surface area (Å²) in [6, 6.07) is 0. The maximum Gasteiger partial charge on any atom is 0.287 e. The molecule has 1 unspecified atom stereocenters. The van der Waals surface area contributed by atoms with Crippen LogP contribution in [-0.4, -0.2) is 18.8 Å². The molecule has 0 bridgehead atoms. The van der Waals surface area contributed by atoms with Crippen LogP contribution < -0.4 is 5.73 Å². The molecule has 4 heteroatoms. The lowest BCUT2D eigenvalue weighted by molar-refractivity contribution is -0.157. The van der Waals surface area contributed by atoms with Crippen molar-refractivity contribution < 1.29 is 14.3 Å². The second kappa shape index (κ2) is 2.50. The van der Waals surface area contributed by atoms with E-state index in [1.54, 1.807) is 6.08 Å². The Hall–Kier alpha value is -1.03. The fourth-order valence-electron chi connectivity index (χ4n) is 0.498. The van der Waals surface area contributed by atoms with Crippen molar-refractivity contribution in [1.29, 1.82) is 0 Å². The summed E-state index contributed by atoms with van der Waals surface area (Å²) in [5.74, 6) is -0.598. The summed E-state index contributed by atoms with van der Waals surface area (Å²) in [6.45, 7) is 0.383. The van der Waals surface area contributed by atoms with Gasteiger partial charge in [-0.25, -0.2) is 0 Å². The average molecular weight is 129 g/mol. The van der Waals surface area contributed by atoms with E-state index in [1.165, 1.54) is 6.26 Å². The Kier molecular flexibility index (Phi) is 1.69. The van der Waals surface area contributed by atoms with E-state index in [2.05, 4.69) is 4.74 Å². The van der Waals surface area contributed by atoms with E-state index >= 15 is 0 Å². The molecule has 1 atom stereocenters. The predicted octanol–water partition coefficient (Wildman–Crippen LogP) is -0.642. The van der Waals surface area contributed by atoms with E-state index in [0.29, 0.717) is 6.61 Å². The molecule has 0 fully saturated rings. The van der Waals surface area contributed by atoms with Crippen molar-refractivity contribution >= 4 is 5.91 Å². The fourth-order valence-corrected chi connectivity index (χ4v) is 0.498. The van der Waals surface area contributed by atoms with Crippen molar-refractivity contribution in [2.75, 3.05) is 6.61 Å². The van der Waals surface area contributed by atoms with Gasteiger partial charge in [-0.15, -0.1) is 0 Å². The van der Waals surface area contributed by atoms with Crippen molar-refractivity contribution in [2.45, 2.75) is 6.29 Å². The highest BCUT2D eigenvalue weighted by atomic mass is 16.7. The first-order valence-electron chi connectivity index (χ1n) is 2.52. The molecule has 1 heterocycles. The van der Waals surface area contributed by atoms with Gasteiger partial charge in [0.2, 0.25) is 0 Å². The highest BCUT2D eigenvalue weighted by Gasteiger charge is 2.16. The van der Waals surface area contributed by atoms with Crippen molar-refractivity contribution in [2.24, 2.45) is 5.73 Å². The number of hydrogen-bond donors (Lipinski definition) is 1. The Balaban J connectivity index is 2.44. The number of carbonyl (C=O) groups excluding carboxylic acids is 1. The summed E-state index contributed by atoms with van der Waals surface area (Å²) in [5.41, 5.74) is 4.84. The van der Waals surface area contributed by atoms with Gasteiger partial charge in [-0.3, -0.25) is 4.79 Å². The van der Waals surface area contributed by atoms with E-state index in [-0.39, 0.29) is 0 Å². The Morgan fingerprint density at radius 1 is 1.78 bits per heavy atom. The number of rotatable bonds is 1. The number of carbonyl (C=O) groups is 1. The molecule has 0 saturated carbocycles. The highest BCUT2D eigenvalue weighted by Crippen LogP contribution is 2.00. The van der Waals surface area contributed by atoms with Gasteiger partial charge in [-0.05, 0) is 6.08 Å². The smallest absolute Gasteiger partial charge is 0.287 e. The van der Waals surface area contributed by atoms with E-state index < -0.39 is 12.2 Å². The Morgan fingerprint density at radius 2 is 2.56 bits per heavy atom. The first-order chi connectivity index (χ1) is 4.30. The van der Waals surface area contributed by atoms with E-state index in [1.807, 2.05) is 0 Å². The molecule has 1 aliphatic rings. The molecule has 0 spiro atoms. The van der Waals surface area contributed by atoms with Crippen molar-refractivity contribution in [3.63, 3.8) is 0 Å². The molecule has 0 aromatic rings. The third kappa shape index (κ3) is 1.43. The molecule has 0 saturated heterocycles. The molecular weight excluding hydrogens is 122 g/mol. The second-order valence-corrected chi connectivity index (χ2v) is 1.58. The maximum atomic E-state index is 10.3. The molecule has 1 amide bonds.